The minimum atomic E-state index is 0. The minimum absolute atomic E-state index is 0. The molecule has 0 radical (unpaired) electrons. The highest BCUT2D eigenvalue weighted by atomic mass is 127. The van der Waals surface area contributed by atoms with Gasteiger partial charge >= 0.3 is 0 Å². The summed E-state index contributed by atoms with van der Waals surface area (Å²) in [6.45, 7) is 14.2. The molecule has 2 N–H and O–H groups in total. The zero-order chi connectivity index (χ0) is 15.3. The van der Waals surface area contributed by atoms with E-state index in [0.717, 1.165) is 51.1 Å². The van der Waals surface area contributed by atoms with E-state index in [1.165, 1.54) is 32.5 Å². The van der Waals surface area contributed by atoms with Crippen LogP contribution in [0.3, 0.4) is 0 Å². The molecule has 132 valence electrons. The van der Waals surface area contributed by atoms with Crippen molar-refractivity contribution in [2.75, 3.05) is 52.5 Å². The van der Waals surface area contributed by atoms with Crippen LogP contribution in [0.4, 0.5) is 0 Å². The van der Waals surface area contributed by atoms with Gasteiger partial charge in [-0.15, -0.1) is 24.0 Å². The monoisotopic (exact) mass is 426 g/mol. The summed E-state index contributed by atoms with van der Waals surface area (Å²) in [6.07, 6.45) is 3.84. The Balaban J connectivity index is 0.00000441. The third-order valence-corrected chi connectivity index (χ3v) is 3.87. The van der Waals surface area contributed by atoms with Crippen LogP contribution in [-0.2, 0) is 4.74 Å². The second-order valence-corrected chi connectivity index (χ2v) is 5.76. The number of piperidine rings is 1. The molecule has 0 saturated carbocycles. The van der Waals surface area contributed by atoms with E-state index >= 15 is 0 Å². The van der Waals surface area contributed by atoms with Gasteiger partial charge in [0.15, 0.2) is 5.96 Å². The molecule has 0 aromatic heterocycles. The van der Waals surface area contributed by atoms with Crippen molar-refractivity contribution >= 4 is 29.9 Å². The SMILES string of the molecule is CCNC(=NCCCN1CCC(C)CC1)NCCOCC.I. The molecule has 1 aliphatic heterocycles. The van der Waals surface area contributed by atoms with Gasteiger partial charge in [-0.25, -0.2) is 0 Å². The quantitative estimate of drug-likeness (QED) is 0.257. The van der Waals surface area contributed by atoms with Gasteiger partial charge in [-0.05, 0) is 58.7 Å². The van der Waals surface area contributed by atoms with Crippen molar-refractivity contribution in [3.05, 3.63) is 0 Å². The zero-order valence-corrected chi connectivity index (χ0v) is 16.9. The van der Waals surface area contributed by atoms with Crippen LogP contribution in [0, 0.1) is 5.92 Å². The largest absolute Gasteiger partial charge is 0.380 e. The Morgan fingerprint density at radius 2 is 1.95 bits per heavy atom. The van der Waals surface area contributed by atoms with Crippen molar-refractivity contribution in [3.63, 3.8) is 0 Å². The number of hydrogen-bond acceptors (Lipinski definition) is 3. The maximum absolute atomic E-state index is 5.32. The van der Waals surface area contributed by atoms with E-state index in [2.05, 4.69) is 34.4 Å². The molecule has 0 aromatic rings. The van der Waals surface area contributed by atoms with Gasteiger partial charge in [0.2, 0.25) is 0 Å². The Labute approximate surface area is 153 Å². The van der Waals surface area contributed by atoms with Gasteiger partial charge in [-0.3, -0.25) is 4.99 Å². The van der Waals surface area contributed by atoms with E-state index in [4.69, 9.17) is 4.74 Å². The van der Waals surface area contributed by atoms with Crippen LogP contribution in [0.25, 0.3) is 0 Å². The molecule has 1 saturated heterocycles. The lowest BCUT2D eigenvalue weighted by Crippen LogP contribution is -2.39. The van der Waals surface area contributed by atoms with E-state index in [1.54, 1.807) is 0 Å². The molecular formula is C16H35IN4O. The molecule has 1 fully saturated rings. The average molecular weight is 426 g/mol. The third-order valence-electron chi connectivity index (χ3n) is 3.87. The normalized spacial score (nSPS) is 17.1. The van der Waals surface area contributed by atoms with Crippen molar-refractivity contribution in [1.82, 2.24) is 15.5 Å². The molecular weight excluding hydrogens is 391 g/mol. The van der Waals surface area contributed by atoms with Crippen LogP contribution in [0.15, 0.2) is 4.99 Å². The molecule has 6 heteroatoms. The third kappa shape index (κ3) is 10.6. The summed E-state index contributed by atoms with van der Waals surface area (Å²) in [7, 11) is 0. The van der Waals surface area contributed by atoms with Crippen molar-refractivity contribution < 1.29 is 4.74 Å². The van der Waals surface area contributed by atoms with Crippen molar-refractivity contribution in [3.8, 4) is 0 Å². The Morgan fingerprint density at radius 1 is 1.23 bits per heavy atom. The summed E-state index contributed by atoms with van der Waals surface area (Å²) in [4.78, 5) is 7.20. The topological polar surface area (TPSA) is 48.9 Å². The van der Waals surface area contributed by atoms with Crippen LogP contribution in [-0.4, -0.2) is 63.3 Å². The molecule has 1 heterocycles. The summed E-state index contributed by atoms with van der Waals surface area (Å²) in [5.74, 6) is 1.82. The lowest BCUT2D eigenvalue weighted by atomic mass is 9.99. The van der Waals surface area contributed by atoms with E-state index in [1.807, 2.05) is 6.92 Å². The molecule has 1 aliphatic rings. The lowest BCUT2D eigenvalue weighted by molar-refractivity contribution is 0.152. The number of nitrogens with zero attached hydrogens (tertiary/aromatic N) is 2. The number of rotatable bonds is 9. The molecule has 0 spiro atoms. The Morgan fingerprint density at radius 3 is 2.59 bits per heavy atom. The van der Waals surface area contributed by atoms with Crippen LogP contribution in [0.5, 0.6) is 0 Å². The van der Waals surface area contributed by atoms with Crippen LogP contribution in [0.2, 0.25) is 0 Å². The van der Waals surface area contributed by atoms with Crippen LogP contribution in [0.1, 0.15) is 40.0 Å². The molecule has 0 unspecified atom stereocenters. The minimum Gasteiger partial charge on any atom is -0.380 e. The second kappa shape index (κ2) is 14.5. The molecule has 1 rings (SSSR count). The first-order valence-corrected chi connectivity index (χ1v) is 8.58. The molecule has 0 aromatic carbocycles. The Kier molecular flexibility index (Phi) is 14.5. The molecule has 0 amide bonds. The molecule has 22 heavy (non-hydrogen) atoms. The van der Waals surface area contributed by atoms with Gasteiger partial charge in [-0.1, -0.05) is 6.92 Å². The number of ether oxygens (including phenoxy) is 1. The number of guanidine groups is 1. The van der Waals surface area contributed by atoms with Gasteiger partial charge in [0.1, 0.15) is 0 Å². The summed E-state index contributed by atoms with van der Waals surface area (Å²) < 4.78 is 5.32. The van der Waals surface area contributed by atoms with Gasteiger partial charge in [0.25, 0.3) is 0 Å². The fourth-order valence-electron chi connectivity index (χ4n) is 2.50. The smallest absolute Gasteiger partial charge is 0.191 e. The van der Waals surface area contributed by atoms with Gasteiger partial charge in [0.05, 0.1) is 6.61 Å². The van der Waals surface area contributed by atoms with E-state index in [-0.39, 0.29) is 24.0 Å². The highest BCUT2D eigenvalue weighted by Gasteiger charge is 2.14. The number of aliphatic imine (C=N–C) groups is 1. The Hall–Kier alpha value is -0.0800. The first-order valence-electron chi connectivity index (χ1n) is 8.58. The fraction of sp³-hybridized carbons (Fsp3) is 0.938. The number of nitrogens with one attached hydrogen (secondary N) is 2. The molecule has 0 aliphatic carbocycles. The summed E-state index contributed by atoms with van der Waals surface area (Å²) >= 11 is 0. The second-order valence-electron chi connectivity index (χ2n) is 5.76. The maximum atomic E-state index is 5.32. The summed E-state index contributed by atoms with van der Waals surface area (Å²) in [6, 6.07) is 0. The zero-order valence-electron chi connectivity index (χ0n) is 14.6. The molecule has 0 bridgehead atoms. The van der Waals surface area contributed by atoms with Crippen molar-refractivity contribution in [2.45, 2.75) is 40.0 Å². The van der Waals surface area contributed by atoms with Gasteiger partial charge in [0, 0.05) is 26.2 Å². The van der Waals surface area contributed by atoms with Crippen LogP contribution < -0.4 is 10.6 Å². The maximum Gasteiger partial charge on any atom is 0.191 e. The predicted molar refractivity (Wildman–Crippen MR) is 105 cm³/mol. The number of hydrogen-bond donors (Lipinski definition) is 2. The predicted octanol–water partition coefficient (Wildman–Crippen LogP) is 2.32. The number of halogens is 1. The molecule has 5 nitrogen and oxygen atoms in total. The summed E-state index contributed by atoms with van der Waals surface area (Å²) in [5.41, 5.74) is 0. The van der Waals surface area contributed by atoms with E-state index in [9.17, 15) is 0 Å². The summed E-state index contributed by atoms with van der Waals surface area (Å²) in [5, 5.41) is 6.57. The standard InChI is InChI=1S/C16H34N4O.HI/c1-4-17-16(19-10-14-21-5-2)18-9-6-11-20-12-7-15(3)8-13-20;/h15H,4-14H2,1-3H3,(H2,17,18,19);1H. The Bertz CT molecular complexity index is 281. The van der Waals surface area contributed by atoms with Gasteiger partial charge < -0.3 is 20.3 Å². The van der Waals surface area contributed by atoms with Crippen LogP contribution >= 0.6 is 24.0 Å². The van der Waals surface area contributed by atoms with Crippen molar-refractivity contribution in [2.24, 2.45) is 10.9 Å². The molecule has 0 atom stereocenters. The first kappa shape index (κ1) is 21.9. The van der Waals surface area contributed by atoms with E-state index < -0.39 is 0 Å². The first-order chi connectivity index (χ1) is 10.3. The van der Waals surface area contributed by atoms with Gasteiger partial charge in [-0.2, -0.15) is 0 Å². The lowest BCUT2D eigenvalue weighted by Gasteiger charge is -2.29. The highest BCUT2D eigenvalue weighted by Crippen LogP contribution is 2.15. The highest BCUT2D eigenvalue weighted by molar-refractivity contribution is 14.0. The average Bonchev–Trinajstić information content (AvgIpc) is 2.49. The fourth-order valence-corrected chi connectivity index (χ4v) is 2.50. The van der Waals surface area contributed by atoms with E-state index in [0.29, 0.717) is 0 Å². The number of likely N-dealkylation sites (tertiary alicyclic amines) is 1. The van der Waals surface area contributed by atoms with Crippen molar-refractivity contribution in [1.29, 1.82) is 0 Å².